The molecule has 3 rings (SSSR count). The van der Waals surface area contributed by atoms with E-state index in [9.17, 15) is 39.3 Å². The van der Waals surface area contributed by atoms with E-state index in [1.165, 1.54) is 50.2 Å². The highest BCUT2D eigenvalue weighted by atomic mass is 16.4. The van der Waals surface area contributed by atoms with E-state index in [2.05, 4.69) is 21.3 Å². The van der Waals surface area contributed by atoms with E-state index in [4.69, 9.17) is 5.73 Å². The third kappa shape index (κ3) is 10.9. The molecule has 5 atom stereocenters. The van der Waals surface area contributed by atoms with Crippen molar-refractivity contribution in [3.63, 3.8) is 0 Å². The first kappa shape index (κ1) is 35.1. The summed E-state index contributed by atoms with van der Waals surface area (Å²) < 4.78 is 0. The number of rotatable bonds is 15. The molecule has 3 aromatic rings. The molecule has 244 valence electrons. The zero-order valence-electron chi connectivity index (χ0n) is 25.5. The fourth-order valence-electron chi connectivity index (χ4n) is 4.46. The molecule has 0 aliphatic heterocycles. The molecule has 0 fully saturated rings. The second-order valence-electron chi connectivity index (χ2n) is 11.0. The van der Waals surface area contributed by atoms with Gasteiger partial charge in [-0.1, -0.05) is 54.6 Å². The van der Waals surface area contributed by atoms with Crippen LogP contribution in [0.1, 0.15) is 30.5 Å². The monoisotopic (exact) mass is 633 g/mol. The van der Waals surface area contributed by atoms with Gasteiger partial charge >= 0.3 is 5.97 Å². The summed E-state index contributed by atoms with van der Waals surface area (Å²) in [5, 5.41) is 38.6. The third-order valence-corrected chi connectivity index (χ3v) is 7.14. The normalized spacial score (nSPS) is 14.1. The molecule has 0 aliphatic carbocycles. The van der Waals surface area contributed by atoms with Gasteiger partial charge in [-0.15, -0.1) is 0 Å². The van der Waals surface area contributed by atoms with E-state index in [0.29, 0.717) is 16.7 Å². The highest BCUT2D eigenvalue weighted by molar-refractivity contribution is 5.95. The van der Waals surface area contributed by atoms with Crippen molar-refractivity contribution in [1.29, 1.82) is 0 Å². The minimum Gasteiger partial charge on any atom is -0.508 e. The van der Waals surface area contributed by atoms with E-state index in [0.717, 1.165) is 0 Å². The molecule has 0 aromatic heterocycles. The average Bonchev–Trinajstić information content (AvgIpc) is 3.02. The molecule has 0 saturated carbocycles. The smallest absolute Gasteiger partial charge is 0.326 e. The highest BCUT2D eigenvalue weighted by Gasteiger charge is 2.29. The number of carbonyl (C=O) groups excluding carboxylic acids is 4. The molecule has 0 bridgehead atoms. The summed E-state index contributed by atoms with van der Waals surface area (Å²) in [4.78, 5) is 63.9. The van der Waals surface area contributed by atoms with Crippen molar-refractivity contribution in [3.8, 4) is 11.5 Å². The molecule has 5 unspecified atom stereocenters. The Labute approximate surface area is 266 Å². The van der Waals surface area contributed by atoms with E-state index in [-0.39, 0.29) is 30.8 Å². The molecule has 46 heavy (non-hydrogen) atoms. The minimum absolute atomic E-state index is 0.0131. The largest absolute Gasteiger partial charge is 0.508 e. The number of carbonyl (C=O) groups is 5. The number of hydrogen-bond donors (Lipinski definition) is 8. The number of carboxylic acid groups (broad SMARTS) is 1. The van der Waals surface area contributed by atoms with Crippen LogP contribution < -0.4 is 27.0 Å². The number of benzene rings is 3. The Bertz CT molecular complexity index is 1500. The summed E-state index contributed by atoms with van der Waals surface area (Å²) in [7, 11) is 0. The summed E-state index contributed by atoms with van der Waals surface area (Å²) in [5.74, 6) is -3.91. The van der Waals surface area contributed by atoms with Crippen LogP contribution >= 0.6 is 0 Å². The van der Waals surface area contributed by atoms with Crippen LogP contribution in [0.3, 0.4) is 0 Å². The zero-order chi connectivity index (χ0) is 33.8. The van der Waals surface area contributed by atoms with Crippen molar-refractivity contribution in [2.45, 2.75) is 63.3 Å². The van der Waals surface area contributed by atoms with Crippen LogP contribution in [0.2, 0.25) is 0 Å². The van der Waals surface area contributed by atoms with Gasteiger partial charge in [0.05, 0.1) is 6.04 Å². The van der Waals surface area contributed by atoms with E-state index in [1.54, 1.807) is 42.5 Å². The molecular formula is C33H39N5O8. The van der Waals surface area contributed by atoms with Gasteiger partial charge in [0.1, 0.15) is 35.7 Å². The van der Waals surface area contributed by atoms with Crippen molar-refractivity contribution in [1.82, 2.24) is 21.3 Å². The van der Waals surface area contributed by atoms with E-state index < -0.39 is 59.8 Å². The summed E-state index contributed by atoms with van der Waals surface area (Å²) in [6.45, 7) is 2.82. The lowest BCUT2D eigenvalue weighted by molar-refractivity contribution is -0.142. The van der Waals surface area contributed by atoms with Gasteiger partial charge in [-0.25, -0.2) is 4.79 Å². The Hall–Kier alpha value is -5.43. The molecule has 0 heterocycles. The fraction of sp³-hybridized carbons (Fsp3) is 0.303. The SMILES string of the molecule is CC(NC(=O)C(N)Cc1ccc(O)cc1)C(=O)NC(Cc1ccccc1)C(=O)NC(C)C(=O)NC(Cc1ccc(O)cc1)C(=O)O. The first-order valence-electron chi connectivity index (χ1n) is 14.6. The van der Waals surface area contributed by atoms with Crippen LogP contribution in [0.5, 0.6) is 11.5 Å². The van der Waals surface area contributed by atoms with Crippen molar-refractivity contribution in [2.75, 3.05) is 0 Å². The van der Waals surface area contributed by atoms with Gasteiger partial charge in [-0.2, -0.15) is 0 Å². The lowest BCUT2D eigenvalue weighted by Crippen LogP contribution is -2.58. The molecule has 0 radical (unpaired) electrons. The lowest BCUT2D eigenvalue weighted by Gasteiger charge is -2.24. The number of hydrogen-bond acceptors (Lipinski definition) is 8. The first-order chi connectivity index (χ1) is 21.8. The van der Waals surface area contributed by atoms with Gasteiger partial charge in [0.25, 0.3) is 0 Å². The zero-order valence-corrected chi connectivity index (χ0v) is 25.5. The number of aliphatic carboxylic acids is 1. The summed E-state index contributed by atoms with van der Waals surface area (Å²) >= 11 is 0. The molecule has 3 aromatic carbocycles. The predicted molar refractivity (Wildman–Crippen MR) is 168 cm³/mol. The van der Waals surface area contributed by atoms with Crippen molar-refractivity contribution < 1.29 is 39.3 Å². The second-order valence-corrected chi connectivity index (χ2v) is 11.0. The highest BCUT2D eigenvalue weighted by Crippen LogP contribution is 2.13. The standard InChI is InChI=1S/C33H39N5O8/c1-19(35-31(43)26(34)16-22-8-12-24(39)13-9-22)29(41)37-27(17-21-6-4-3-5-7-21)32(44)36-20(2)30(42)38-28(33(45)46)18-23-10-14-25(40)15-11-23/h3-15,19-20,26-28,39-40H,16-18,34H2,1-2H3,(H,35,43)(H,36,44)(H,37,41)(H,38,42)(H,45,46). The molecule has 0 saturated heterocycles. The summed E-state index contributed by atoms with van der Waals surface area (Å²) in [6, 6.07) is 15.2. The van der Waals surface area contributed by atoms with Crippen LogP contribution in [0.4, 0.5) is 0 Å². The van der Waals surface area contributed by atoms with Gasteiger partial charge in [-0.05, 0) is 61.2 Å². The maximum atomic E-state index is 13.3. The number of aromatic hydroxyl groups is 2. The van der Waals surface area contributed by atoms with Crippen LogP contribution in [0.25, 0.3) is 0 Å². The maximum Gasteiger partial charge on any atom is 0.326 e. The Balaban J connectivity index is 1.63. The van der Waals surface area contributed by atoms with Crippen LogP contribution in [-0.2, 0) is 43.2 Å². The number of amides is 4. The quantitative estimate of drug-likeness (QED) is 0.117. The maximum absolute atomic E-state index is 13.3. The fourth-order valence-corrected chi connectivity index (χ4v) is 4.46. The molecule has 9 N–H and O–H groups in total. The Kier molecular flexibility index (Phi) is 12.6. The average molecular weight is 634 g/mol. The van der Waals surface area contributed by atoms with Crippen LogP contribution in [0, 0.1) is 0 Å². The number of nitrogens with two attached hydrogens (primary N) is 1. The van der Waals surface area contributed by atoms with Crippen molar-refractivity contribution in [2.24, 2.45) is 5.73 Å². The van der Waals surface area contributed by atoms with Gasteiger partial charge in [0, 0.05) is 12.8 Å². The molecule has 13 nitrogen and oxygen atoms in total. The van der Waals surface area contributed by atoms with E-state index in [1.807, 2.05) is 0 Å². The summed E-state index contributed by atoms with van der Waals surface area (Å²) in [5.41, 5.74) is 8.01. The van der Waals surface area contributed by atoms with Gasteiger partial charge in [0.2, 0.25) is 23.6 Å². The first-order valence-corrected chi connectivity index (χ1v) is 14.6. The van der Waals surface area contributed by atoms with Gasteiger partial charge in [-0.3, -0.25) is 19.2 Å². The number of nitrogens with one attached hydrogen (secondary N) is 4. The molecule has 0 spiro atoms. The Morgan fingerprint density at radius 3 is 1.48 bits per heavy atom. The van der Waals surface area contributed by atoms with Gasteiger partial charge < -0.3 is 42.3 Å². The second kappa shape index (κ2) is 16.6. The number of carboxylic acids is 1. The van der Waals surface area contributed by atoms with Gasteiger partial charge in [0.15, 0.2) is 0 Å². The molecule has 13 heteroatoms. The minimum atomic E-state index is -1.30. The molecule has 4 amide bonds. The molecule has 0 aliphatic rings. The molecular weight excluding hydrogens is 594 g/mol. The third-order valence-electron chi connectivity index (χ3n) is 7.14. The van der Waals surface area contributed by atoms with Crippen molar-refractivity contribution in [3.05, 3.63) is 95.6 Å². The van der Waals surface area contributed by atoms with Crippen LogP contribution in [0.15, 0.2) is 78.9 Å². The Morgan fingerprint density at radius 1 is 0.565 bits per heavy atom. The van der Waals surface area contributed by atoms with Crippen LogP contribution in [-0.4, -0.2) is 75.1 Å². The Morgan fingerprint density at radius 2 is 0.978 bits per heavy atom. The van der Waals surface area contributed by atoms with Crippen molar-refractivity contribution >= 4 is 29.6 Å². The summed E-state index contributed by atoms with van der Waals surface area (Å²) in [6.07, 6.45) is 0.167. The number of phenols is 2. The number of phenolic OH excluding ortho intramolecular Hbond substituents is 2. The lowest BCUT2D eigenvalue weighted by atomic mass is 10.0. The topological polar surface area (TPSA) is 220 Å². The predicted octanol–water partition coefficient (Wildman–Crippen LogP) is 0.517. The van der Waals surface area contributed by atoms with E-state index >= 15 is 0 Å².